The first-order valence-electron chi connectivity index (χ1n) is 5.12. The van der Waals surface area contributed by atoms with Crippen LogP contribution >= 0.6 is 0 Å². The Hall–Kier alpha value is -2.11. The van der Waals surface area contributed by atoms with Gasteiger partial charge in [0, 0.05) is 18.4 Å². The number of nitrogens with zero attached hydrogens (tertiary/aromatic N) is 1. The Morgan fingerprint density at radius 1 is 1.41 bits per heavy atom. The smallest absolute Gasteiger partial charge is 0.260 e. The molecule has 4 N–H and O–H groups in total. The lowest BCUT2D eigenvalue weighted by Gasteiger charge is -2.11. The summed E-state index contributed by atoms with van der Waals surface area (Å²) in [7, 11) is 1.49. The van der Waals surface area contributed by atoms with E-state index in [0.29, 0.717) is 16.8 Å². The molecule has 1 heterocycles. The van der Waals surface area contributed by atoms with Gasteiger partial charge in [0.25, 0.3) is 5.91 Å². The van der Waals surface area contributed by atoms with E-state index in [0.717, 1.165) is 16.9 Å². The van der Waals surface area contributed by atoms with E-state index in [1.807, 2.05) is 0 Å². The van der Waals surface area contributed by atoms with Crippen LogP contribution in [0.15, 0.2) is 0 Å². The summed E-state index contributed by atoms with van der Waals surface area (Å²) in [6.45, 7) is 3.54. The van der Waals surface area contributed by atoms with Gasteiger partial charge >= 0.3 is 0 Å². The molecule has 6 nitrogen and oxygen atoms in total. The fourth-order valence-electron chi connectivity index (χ4n) is 1.75. The second kappa shape index (κ2) is 4.82. The number of amides is 2. The zero-order valence-electron chi connectivity index (χ0n) is 10.1. The molecule has 0 aliphatic rings. The van der Waals surface area contributed by atoms with Crippen LogP contribution in [0.2, 0.25) is 0 Å². The Balaban J connectivity index is 3.26. The van der Waals surface area contributed by atoms with E-state index in [1.54, 1.807) is 13.8 Å². The first kappa shape index (κ1) is 13.0. The maximum absolute atomic E-state index is 12.0. The number of aromatic amines is 1. The largest absolute Gasteiger partial charge is 0.369 e. The number of primary amides is 1. The van der Waals surface area contributed by atoms with Crippen molar-refractivity contribution in [2.45, 2.75) is 20.3 Å². The number of nitrogens with two attached hydrogens (primary N) is 1. The molecule has 1 aromatic rings. The number of aryl methyl sites for hydroxylation is 2. The Morgan fingerprint density at radius 3 is 2.47 bits per heavy atom. The molecular formula is C11H16N4O2. The maximum atomic E-state index is 12.0. The van der Waals surface area contributed by atoms with Gasteiger partial charge in [-0.05, 0) is 19.4 Å². The van der Waals surface area contributed by atoms with Gasteiger partial charge in [0.1, 0.15) is 0 Å². The van der Waals surface area contributed by atoms with Crippen LogP contribution in [0.3, 0.4) is 0 Å². The third-order valence-electron chi connectivity index (χ3n) is 2.58. The summed E-state index contributed by atoms with van der Waals surface area (Å²) in [5.74, 6) is -0.809. The van der Waals surface area contributed by atoms with Gasteiger partial charge in [0.15, 0.2) is 0 Å². The van der Waals surface area contributed by atoms with Crippen molar-refractivity contribution in [1.29, 1.82) is 5.41 Å². The van der Waals surface area contributed by atoms with Gasteiger partial charge in [-0.15, -0.1) is 0 Å². The third-order valence-corrected chi connectivity index (χ3v) is 2.58. The van der Waals surface area contributed by atoms with Crippen LogP contribution in [-0.2, 0) is 11.2 Å². The van der Waals surface area contributed by atoms with Crippen LogP contribution in [0.4, 0.5) is 0 Å². The van der Waals surface area contributed by atoms with Crippen molar-refractivity contribution in [2.24, 2.45) is 5.73 Å². The quantitative estimate of drug-likeness (QED) is 0.518. The number of hydrogen-bond acceptors (Lipinski definition) is 3. The van der Waals surface area contributed by atoms with Crippen molar-refractivity contribution >= 4 is 18.2 Å². The molecule has 1 rings (SSSR count). The second-order valence-corrected chi connectivity index (χ2v) is 3.92. The molecule has 17 heavy (non-hydrogen) atoms. The highest BCUT2D eigenvalue weighted by Gasteiger charge is 2.22. The van der Waals surface area contributed by atoms with Crippen LogP contribution in [0, 0.1) is 19.3 Å². The van der Waals surface area contributed by atoms with E-state index in [-0.39, 0.29) is 12.3 Å². The number of rotatable bonds is 4. The minimum atomic E-state index is -0.487. The highest BCUT2D eigenvalue weighted by atomic mass is 16.2. The average molecular weight is 236 g/mol. The number of hydrogen-bond donors (Lipinski definition) is 3. The Bertz CT molecular complexity index is 476. The van der Waals surface area contributed by atoms with E-state index in [4.69, 9.17) is 11.1 Å². The lowest BCUT2D eigenvalue weighted by atomic mass is 10.0. The summed E-state index contributed by atoms with van der Waals surface area (Å²) in [6, 6.07) is 0. The molecule has 0 aromatic carbocycles. The molecule has 0 radical (unpaired) electrons. The van der Waals surface area contributed by atoms with Crippen molar-refractivity contribution in [3.63, 3.8) is 0 Å². The number of nitrogens with one attached hydrogen (secondary N) is 2. The highest BCUT2D eigenvalue weighted by molar-refractivity contribution is 6.03. The molecular weight excluding hydrogens is 220 g/mol. The van der Waals surface area contributed by atoms with Crippen molar-refractivity contribution in [3.8, 4) is 0 Å². The van der Waals surface area contributed by atoms with Crippen LogP contribution in [0.5, 0.6) is 0 Å². The van der Waals surface area contributed by atoms with Gasteiger partial charge in [0.2, 0.25) is 5.91 Å². The summed E-state index contributed by atoms with van der Waals surface area (Å²) in [5.41, 5.74) is 7.62. The van der Waals surface area contributed by atoms with Gasteiger partial charge in [-0.1, -0.05) is 0 Å². The fourth-order valence-corrected chi connectivity index (χ4v) is 1.75. The lowest BCUT2D eigenvalue weighted by molar-refractivity contribution is -0.117. The van der Waals surface area contributed by atoms with Crippen LogP contribution in [0.25, 0.3) is 0 Å². The fraction of sp³-hybridized carbons (Fsp3) is 0.364. The number of aromatic nitrogens is 1. The standard InChI is InChI=1S/C11H16N4O2/c1-6-8(4-9(13)16)10(7(2)14-6)11(17)15(3)5-12/h5,12,14H,4H2,1-3H3,(H2,13,16). The zero-order chi connectivity index (χ0) is 13.2. The second-order valence-electron chi connectivity index (χ2n) is 3.92. The Labute approximate surface area is 99.3 Å². The summed E-state index contributed by atoms with van der Waals surface area (Å²) in [6.07, 6.45) is 0.946. The number of H-pyrrole nitrogens is 1. The molecule has 0 bridgehead atoms. The minimum absolute atomic E-state index is 0.0170. The maximum Gasteiger partial charge on any atom is 0.260 e. The van der Waals surface area contributed by atoms with Crippen molar-refractivity contribution in [3.05, 3.63) is 22.5 Å². The SMILES string of the molecule is Cc1[nH]c(C)c(C(=O)N(C)C=N)c1CC(N)=O. The van der Waals surface area contributed by atoms with E-state index < -0.39 is 5.91 Å². The number of carbonyl (C=O) groups is 2. The molecule has 0 saturated carbocycles. The summed E-state index contributed by atoms with van der Waals surface area (Å²) in [4.78, 5) is 27.2. The normalized spacial score (nSPS) is 10.1. The predicted octanol–water partition coefficient (Wildman–Crippen LogP) is 0.338. The molecule has 92 valence electrons. The van der Waals surface area contributed by atoms with Gasteiger partial charge in [-0.2, -0.15) is 0 Å². The first-order valence-corrected chi connectivity index (χ1v) is 5.12. The topological polar surface area (TPSA) is 103 Å². The Morgan fingerprint density at radius 2 is 2.00 bits per heavy atom. The summed E-state index contributed by atoms with van der Waals surface area (Å²) < 4.78 is 0. The van der Waals surface area contributed by atoms with Gasteiger partial charge in [-0.3, -0.25) is 15.0 Å². The predicted molar refractivity (Wildman–Crippen MR) is 64.0 cm³/mol. The molecule has 0 spiro atoms. The minimum Gasteiger partial charge on any atom is -0.369 e. The van der Waals surface area contributed by atoms with Gasteiger partial charge < -0.3 is 15.6 Å². The van der Waals surface area contributed by atoms with Crippen molar-refractivity contribution < 1.29 is 9.59 Å². The number of carbonyl (C=O) groups excluding carboxylic acids is 2. The molecule has 6 heteroatoms. The molecule has 0 unspecified atom stereocenters. The van der Waals surface area contributed by atoms with E-state index >= 15 is 0 Å². The summed E-state index contributed by atoms with van der Waals surface area (Å²) >= 11 is 0. The van der Waals surface area contributed by atoms with Gasteiger partial charge in [-0.25, -0.2) is 0 Å². The van der Waals surface area contributed by atoms with E-state index in [2.05, 4.69) is 4.98 Å². The van der Waals surface area contributed by atoms with Crippen LogP contribution < -0.4 is 5.73 Å². The molecule has 0 saturated heterocycles. The van der Waals surface area contributed by atoms with Crippen molar-refractivity contribution in [1.82, 2.24) is 9.88 Å². The molecule has 0 aliphatic carbocycles. The average Bonchev–Trinajstić information content (AvgIpc) is 2.51. The summed E-state index contributed by atoms with van der Waals surface area (Å²) in [5, 5.41) is 7.06. The molecule has 0 fully saturated rings. The van der Waals surface area contributed by atoms with Crippen LogP contribution in [-0.4, -0.2) is 35.1 Å². The zero-order valence-corrected chi connectivity index (χ0v) is 10.1. The van der Waals surface area contributed by atoms with Crippen LogP contribution in [0.1, 0.15) is 27.3 Å². The highest BCUT2D eigenvalue weighted by Crippen LogP contribution is 2.20. The molecule has 0 atom stereocenters. The van der Waals surface area contributed by atoms with Crippen molar-refractivity contribution in [2.75, 3.05) is 7.05 Å². The lowest BCUT2D eigenvalue weighted by Crippen LogP contribution is -2.27. The van der Waals surface area contributed by atoms with Gasteiger partial charge in [0.05, 0.1) is 18.3 Å². The van der Waals surface area contributed by atoms with E-state index in [9.17, 15) is 9.59 Å². The Kier molecular flexibility index (Phi) is 3.67. The van der Waals surface area contributed by atoms with E-state index in [1.165, 1.54) is 7.05 Å². The monoisotopic (exact) mass is 236 g/mol. The first-order chi connectivity index (χ1) is 7.88. The third kappa shape index (κ3) is 2.52. The molecule has 0 aliphatic heterocycles. The molecule has 1 aromatic heterocycles. The molecule has 2 amide bonds.